The number of carbonyl (C=O) groups excluding carboxylic acids is 2. The molecule has 1 spiro atoms. The van der Waals surface area contributed by atoms with Gasteiger partial charge in [-0.2, -0.15) is 0 Å². The molecule has 2 aliphatic heterocycles. The number of rotatable bonds is 4. The molecule has 2 amide bonds. The molecule has 1 atom stereocenters. The summed E-state index contributed by atoms with van der Waals surface area (Å²) in [4.78, 5) is 28.0. The lowest BCUT2D eigenvalue weighted by molar-refractivity contribution is -0.130. The maximum atomic E-state index is 13.5. The molecule has 0 radical (unpaired) electrons. The summed E-state index contributed by atoms with van der Waals surface area (Å²) in [5, 5.41) is 2.85. The molecule has 2 saturated heterocycles. The molecule has 4 rings (SSSR count). The van der Waals surface area contributed by atoms with Gasteiger partial charge in [-0.15, -0.1) is 0 Å². The van der Waals surface area contributed by atoms with E-state index in [0.29, 0.717) is 38.4 Å². The van der Waals surface area contributed by atoms with Crippen LogP contribution in [0.2, 0.25) is 0 Å². The highest BCUT2D eigenvalue weighted by atomic mass is 19.1. The van der Waals surface area contributed by atoms with Crippen molar-refractivity contribution in [2.75, 3.05) is 31.6 Å². The molecule has 2 aromatic rings. The number of benzene rings is 2. The Bertz CT molecular complexity index is 922. The van der Waals surface area contributed by atoms with Crippen LogP contribution in [0, 0.1) is 24.1 Å². The molecule has 5 nitrogen and oxygen atoms in total. The van der Waals surface area contributed by atoms with Gasteiger partial charge in [-0.05, 0) is 43.5 Å². The van der Waals surface area contributed by atoms with Crippen LogP contribution < -0.4 is 5.32 Å². The third kappa shape index (κ3) is 4.38. The second-order valence-electron chi connectivity index (χ2n) is 8.46. The number of aryl methyl sites for hydroxylation is 1. The Morgan fingerprint density at radius 2 is 1.90 bits per heavy atom. The molecule has 2 fully saturated rings. The zero-order valence-electron chi connectivity index (χ0n) is 17.2. The van der Waals surface area contributed by atoms with Crippen molar-refractivity contribution in [2.24, 2.45) is 11.3 Å². The number of nitrogens with zero attached hydrogens (tertiary/aromatic N) is 1. The van der Waals surface area contributed by atoms with Crippen LogP contribution >= 0.6 is 0 Å². The Labute approximate surface area is 176 Å². The van der Waals surface area contributed by atoms with Crippen molar-refractivity contribution in [2.45, 2.75) is 26.2 Å². The number of nitrogens with one attached hydrogen (secondary N) is 1. The van der Waals surface area contributed by atoms with Crippen LogP contribution in [0.3, 0.4) is 0 Å². The van der Waals surface area contributed by atoms with E-state index in [1.165, 1.54) is 12.1 Å². The van der Waals surface area contributed by atoms with Gasteiger partial charge >= 0.3 is 0 Å². The number of carbonyl (C=O) groups is 2. The fraction of sp³-hybridized carbons (Fsp3) is 0.417. The Balaban J connectivity index is 1.50. The van der Waals surface area contributed by atoms with Crippen molar-refractivity contribution in [1.29, 1.82) is 0 Å². The lowest BCUT2D eigenvalue weighted by Gasteiger charge is -2.37. The third-order valence-electron chi connectivity index (χ3n) is 6.37. The van der Waals surface area contributed by atoms with Gasteiger partial charge in [0.25, 0.3) is 0 Å². The van der Waals surface area contributed by atoms with E-state index in [-0.39, 0.29) is 23.1 Å². The smallest absolute Gasteiger partial charge is 0.229 e. The van der Waals surface area contributed by atoms with Gasteiger partial charge in [-0.25, -0.2) is 4.39 Å². The zero-order valence-corrected chi connectivity index (χ0v) is 17.2. The molecule has 30 heavy (non-hydrogen) atoms. The number of amides is 2. The number of ether oxygens (including phenoxy) is 1. The van der Waals surface area contributed by atoms with Crippen LogP contribution in [0.15, 0.2) is 48.5 Å². The first-order valence-corrected chi connectivity index (χ1v) is 10.4. The van der Waals surface area contributed by atoms with Crippen LogP contribution in [-0.2, 0) is 20.7 Å². The minimum absolute atomic E-state index is 0.0331. The average Bonchev–Trinajstić information content (AvgIpc) is 3.09. The van der Waals surface area contributed by atoms with Crippen LogP contribution in [-0.4, -0.2) is 43.0 Å². The van der Waals surface area contributed by atoms with Crippen molar-refractivity contribution >= 4 is 17.5 Å². The summed E-state index contributed by atoms with van der Waals surface area (Å²) in [6.07, 6.45) is 1.80. The number of anilines is 1. The highest BCUT2D eigenvalue weighted by Crippen LogP contribution is 2.45. The predicted molar refractivity (Wildman–Crippen MR) is 112 cm³/mol. The van der Waals surface area contributed by atoms with Gasteiger partial charge in [-0.3, -0.25) is 9.59 Å². The van der Waals surface area contributed by atoms with E-state index in [2.05, 4.69) is 5.32 Å². The summed E-state index contributed by atoms with van der Waals surface area (Å²) in [6.45, 7) is 4.13. The fourth-order valence-electron chi connectivity index (χ4n) is 4.59. The molecule has 6 heteroatoms. The minimum Gasteiger partial charge on any atom is -0.381 e. The van der Waals surface area contributed by atoms with Crippen LogP contribution in [0.4, 0.5) is 10.1 Å². The summed E-state index contributed by atoms with van der Waals surface area (Å²) in [5.74, 6) is -0.861. The Morgan fingerprint density at radius 3 is 2.60 bits per heavy atom. The van der Waals surface area contributed by atoms with Crippen molar-refractivity contribution in [3.63, 3.8) is 0 Å². The van der Waals surface area contributed by atoms with Crippen molar-refractivity contribution in [3.8, 4) is 0 Å². The zero-order chi connectivity index (χ0) is 21.1. The van der Waals surface area contributed by atoms with Gasteiger partial charge < -0.3 is 15.0 Å². The summed E-state index contributed by atoms with van der Waals surface area (Å²) in [6, 6.07) is 13.8. The van der Waals surface area contributed by atoms with Crippen LogP contribution in [0.25, 0.3) is 0 Å². The minimum atomic E-state index is -0.394. The second-order valence-corrected chi connectivity index (χ2v) is 8.46. The maximum Gasteiger partial charge on any atom is 0.229 e. The third-order valence-corrected chi connectivity index (χ3v) is 6.37. The van der Waals surface area contributed by atoms with E-state index in [9.17, 15) is 14.0 Å². The molecule has 0 aliphatic carbocycles. The predicted octanol–water partition coefficient (Wildman–Crippen LogP) is 3.57. The summed E-state index contributed by atoms with van der Waals surface area (Å²) < 4.78 is 19.1. The molecular weight excluding hydrogens is 383 g/mol. The lowest BCUT2D eigenvalue weighted by atomic mass is 9.71. The molecule has 2 aliphatic rings. The van der Waals surface area contributed by atoms with Crippen molar-refractivity contribution in [3.05, 3.63) is 65.5 Å². The van der Waals surface area contributed by atoms with E-state index in [0.717, 1.165) is 24.0 Å². The molecule has 2 aromatic carbocycles. The summed E-state index contributed by atoms with van der Waals surface area (Å²) >= 11 is 0. The largest absolute Gasteiger partial charge is 0.381 e. The molecule has 0 bridgehead atoms. The topological polar surface area (TPSA) is 58.6 Å². The molecule has 2 heterocycles. The molecule has 0 unspecified atom stereocenters. The van der Waals surface area contributed by atoms with Gasteiger partial charge in [-0.1, -0.05) is 35.9 Å². The molecular formula is C24H27FN2O3. The lowest BCUT2D eigenvalue weighted by Crippen LogP contribution is -2.42. The van der Waals surface area contributed by atoms with E-state index in [1.807, 2.05) is 36.1 Å². The first-order valence-electron chi connectivity index (χ1n) is 10.4. The van der Waals surface area contributed by atoms with E-state index < -0.39 is 5.82 Å². The molecule has 0 aromatic heterocycles. The van der Waals surface area contributed by atoms with E-state index in [4.69, 9.17) is 4.74 Å². The number of hydrogen-bond donors (Lipinski definition) is 1. The normalized spacial score (nSPS) is 20.3. The van der Waals surface area contributed by atoms with Gasteiger partial charge in [0.2, 0.25) is 11.8 Å². The van der Waals surface area contributed by atoms with E-state index >= 15 is 0 Å². The Morgan fingerprint density at radius 1 is 1.17 bits per heavy atom. The number of hydrogen-bond acceptors (Lipinski definition) is 3. The number of likely N-dealkylation sites (tertiary alicyclic amines) is 1. The first kappa shape index (κ1) is 20.5. The van der Waals surface area contributed by atoms with Crippen LogP contribution in [0.1, 0.15) is 24.0 Å². The highest BCUT2D eigenvalue weighted by Gasteiger charge is 2.51. The molecule has 0 saturated carbocycles. The monoisotopic (exact) mass is 410 g/mol. The fourth-order valence-corrected chi connectivity index (χ4v) is 4.59. The van der Waals surface area contributed by atoms with Crippen LogP contribution in [0.5, 0.6) is 0 Å². The van der Waals surface area contributed by atoms with Gasteiger partial charge in [0, 0.05) is 37.4 Å². The first-order chi connectivity index (χ1) is 14.4. The van der Waals surface area contributed by atoms with Gasteiger partial charge in [0.15, 0.2) is 0 Å². The second kappa shape index (κ2) is 8.56. The highest BCUT2D eigenvalue weighted by molar-refractivity contribution is 5.94. The van der Waals surface area contributed by atoms with Crippen molar-refractivity contribution < 1.29 is 18.7 Å². The van der Waals surface area contributed by atoms with Crippen molar-refractivity contribution in [1.82, 2.24) is 4.90 Å². The SMILES string of the molecule is Cc1ccc(CC(=O)N2C[C@H](C(=O)Nc3cccc(F)c3)C3(CCOCC3)C2)cc1. The summed E-state index contributed by atoms with van der Waals surface area (Å²) in [7, 11) is 0. The van der Waals surface area contributed by atoms with E-state index in [1.54, 1.807) is 12.1 Å². The standard InChI is InChI=1S/C24H27FN2O3/c1-17-5-7-18(8-6-17)13-22(28)27-15-21(24(16-27)9-11-30-12-10-24)23(29)26-20-4-2-3-19(25)14-20/h2-8,14,21H,9-13,15-16H2,1H3,(H,26,29)/t21-/m1/s1. The average molecular weight is 410 g/mol. The number of halogens is 1. The van der Waals surface area contributed by atoms with Gasteiger partial charge in [0.05, 0.1) is 12.3 Å². The maximum absolute atomic E-state index is 13.5. The quantitative estimate of drug-likeness (QED) is 0.838. The Kier molecular flexibility index (Phi) is 5.86. The molecule has 158 valence electrons. The van der Waals surface area contributed by atoms with Gasteiger partial charge in [0.1, 0.15) is 5.82 Å². The molecule has 1 N–H and O–H groups in total. The Hall–Kier alpha value is -2.73. The summed E-state index contributed by atoms with van der Waals surface area (Å²) in [5.41, 5.74) is 2.27.